The van der Waals surface area contributed by atoms with Crippen molar-refractivity contribution >= 4 is 16.5 Å². The predicted octanol–water partition coefficient (Wildman–Crippen LogP) is 3.61. The molecule has 2 aromatic rings. The van der Waals surface area contributed by atoms with Crippen LogP contribution in [0, 0.1) is 11.3 Å². The van der Waals surface area contributed by atoms with E-state index >= 15 is 0 Å². The van der Waals surface area contributed by atoms with Crippen LogP contribution in [-0.4, -0.2) is 30.6 Å². The van der Waals surface area contributed by atoms with Crippen molar-refractivity contribution in [2.24, 2.45) is 0 Å². The summed E-state index contributed by atoms with van der Waals surface area (Å²) in [6, 6.07) is 14.9. The molecule has 2 aromatic carbocycles. The third-order valence-electron chi connectivity index (χ3n) is 4.40. The summed E-state index contributed by atoms with van der Waals surface area (Å²) >= 11 is 0. The molecule has 0 amide bonds. The fourth-order valence-corrected chi connectivity index (χ4v) is 3.12. The maximum Gasteiger partial charge on any atom is 0.0998 e. The number of nitrogens with zero attached hydrogens (tertiary/aromatic N) is 2. The maximum absolute atomic E-state index is 9.21. The number of anilines is 1. The molecule has 1 atom stereocenters. The van der Waals surface area contributed by atoms with Crippen molar-refractivity contribution in [3.05, 3.63) is 42.0 Å². The highest BCUT2D eigenvalue weighted by Gasteiger charge is 2.17. The van der Waals surface area contributed by atoms with Crippen molar-refractivity contribution in [1.82, 2.24) is 4.90 Å². The molecule has 0 spiro atoms. The van der Waals surface area contributed by atoms with Gasteiger partial charge < -0.3 is 5.32 Å². The highest BCUT2D eigenvalue weighted by molar-refractivity contribution is 5.97. The van der Waals surface area contributed by atoms with Crippen LogP contribution in [0.1, 0.15) is 25.3 Å². The third-order valence-corrected chi connectivity index (χ3v) is 4.40. The van der Waals surface area contributed by atoms with E-state index in [1.807, 2.05) is 30.3 Å². The highest BCUT2D eigenvalue weighted by atomic mass is 15.2. The van der Waals surface area contributed by atoms with Gasteiger partial charge in [0.15, 0.2) is 0 Å². The van der Waals surface area contributed by atoms with Gasteiger partial charge in [0.1, 0.15) is 0 Å². The smallest absolute Gasteiger partial charge is 0.0998 e. The van der Waals surface area contributed by atoms with Crippen molar-refractivity contribution in [3.63, 3.8) is 0 Å². The van der Waals surface area contributed by atoms with Gasteiger partial charge in [-0.05, 0) is 45.0 Å². The molecule has 0 aliphatic carbocycles. The lowest BCUT2D eigenvalue weighted by atomic mass is 10.0. The summed E-state index contributed by atoms with van der Waals surface area (Å²) in [5.74, 6) is 0. The van der Waals surface area contributed by atoms with Crippen LogP contribution in [0.25, 0.3) is 10.8 Å². The lowest BCUT2D eigenvalue weighted by molar-refractivity contribution is 0.269. The van der Waals surface area contributed by atoms with E-state index in [1.54, 1.807) is 0 Å². The van der Waals surface area contributed by atoms with E-state index < -0.39 is 0 Å². The third kappa shape index (κ3) is 2.86. The monoisotopic (exact) mass is 279 g/mol. The van der Waals surface area contributed by atoms with Crippen LogP contribution < -0.4 is 5.32 Å². The van der Waals surface area contributed by atoms with E-state index in [0.29, 0.717) is 6.04 Å². The van der Waals surface area contributed by atoms with E-state index in [1.165, 1.54) is 25.9 Å². The van der Waals surface area contributed by atoms with Crippen LogP contribution in [0.2, 0.25) is 0 Å². The van der Waals surface area contributed by atoms with Gasteiger partial charge in [-0.25, -0.2) is 0 Å². The zero-order valence-corrected chi connectivity index (χ0v) is 12.5. The number of rotatable bonds is 4. The highest BCUT2D eigenvalue weighted by Crippen LogP contribution is 2.26. The van der Waals surface area contributed by atoms with E-state index in [9.17, 15) is 5.26 Å². The number of fused-ring (bicyclic) bond motifs is 1. The van der Waals surface area contributed by atoms with Crippen molar-refractivity contribution in [2.75, 3.05) is 25.0 Å². The lowest BCUT2D eigenvalue weighted by Crippen LogP contribution is -2.35. The molecule has 0 radical (unpaired) electrons. The van der Waals surface area contributed by atoms with Gasteiger partial charge in [-0.2, -0.15) is 5.26 Å². The molecule has 0 aromatic heterocycles. The first-order valence-corrected chi connectivity index (χ1v) is 7.69. The van der Waals surface area contributed by atoms with Crippen molar-refractivity contribution in [3.8, 4) is 6.07 Å². The zero-order valence-electron chi connectivity index (χ0n) is 12.5. The standard InChI is InChI=1S/C18H21N3/c1-14(21-10-4-5-11-21)13-20-18-9-8-15(12-19)16-6-2-3-7-17(16)18/h2-3,6-9,14,20H,4-5,10-11,13H2,1H3. The second-order valence-corrected chi connectivity index (χ2v) is 5.79. The summed E-state index contributed by atoms with van der Waals surface area (Å²) in [7, 11) is 0. The van der Waals surface area contributed by atoms with Gasteiger partial charge in [-0.15, -0.1) is 0 Å². The SMILES string of the molecule is CC(CNc1ccc(C#N)c2ccccc12)N1CCCC1. The van der Waals surface area contributed by atoms with Crippen LogP contribution in [0.5, 0.6) is 0 Å². The summed E-state index contributed by atoms with van der Waals surface area (Å²) in [4.78, 5) is 2.54. The Kier molecular flexibility index (Phi) is 4.08. The Morgan fingerprint density at radius 2 is 1.86 bits per heavy atom. The normalized spacial score (nSPS) is 16.8. The Morgan fingerprint density at radius 3 is 2.57 bits per heavy atom. The molecule has 1 unspecified atom stereocenters. The first-order valence-electron chi connectivity index (χ1n) is 7.69. The summed E-state index contributed by atoms with van der Waals surface area (Å²) in [5, 5.41) is 14.9. The molecular weight excluding hydrogens is 258 g/mol. The van der Waals surface area contributed by atoms with Gasteiger partial charge in [0.25, 0.3) is 0 Å². The molecule has 21 heavy (non-hydrogen) atoms. The van der Waals surface area contributed by atoms with Gasteiger partial charge >= 0.3 is 0 Å². The molecule has 1 heterocycles. The van der Waals surface area contributed by atoms with Crippen molar-refractivity contribution < 1.29 is 0 Å². The van der Waals surface area contributed by atoms with Crippen LogP contribution in [-0.2, 0) is 0 Å². The molecule has 1 aliphatic heterocycles. The quantitative estimate of drug-likeness (QED) is 0.929. The van der Waals surface area contributed by atoms with Crippen LogP contribution in [0.3, 0.4) is 0 Å². The second-order valence-electron chi connectivity index (χ2n) is 5.79. The molecule has 1 saturated heterocycles. The first-order chi connectivity index (χ1) is 10.3. The fraction of sp³-hybridized carbons (Fsp3) is 0.389. The number of hydrogen-bond donors (Lipinski definition) is 1. The van der Waals surface area contributed by atoms with Gasteiger partial charge in [0.2, 0.25) is 0 Å². The average molecular weight is 279 g/mol. The molecule has 0 saturated carbocycles. The first kappa shape index (κ1) is 13.9. The van der Waals surface area contributed by atoms with Gasteiger partial charge in [-0.1, -0.05) is 24.3 Å². The minimum absolute atomic E-state index is 0.543. The topological polar surface area (TPSA) is 39.1 Å². The largest absolute Gasteiger partial charge is 0.383 e. The van der Waals surface area contributed by atoms with Gasteiger partial charge in [-0.3, -0.25) is 4.90 Å². The minimum atomic E-state index is 0.543. The second kappa shape index (κ2) is 6.15. The number of likely N-dealkylation sites (tertiary alicyclic amines) is 1. The summed E-state index contributed by atoms with van der Waals surface area (Å²) in [6.07, 6.45) is 2.65. The minimum Gasteiger partial charge on any atom is -0.383 e. The van der Waals surface area contributed by atoms with Gasteiger partial charge in [0, 0.05) is 29.0 Å². The van der Waals surface area contributed by atoms with Crippen molar-refractivity contribution in [1.29, 1.82) is 5.26 Å². The van der Waals surface area contributed by atoms with Crippen molar-refractivity contribution in [2.45, 2.75) is 25.8 Å². The Hall–Kier alpha value is -2.05. The molecule has 3 rings (SSSR count). The van der Waals surface area contributed by atoms with E-state index in [2.05, 4.69) is 29.3 Å². The average Bonchev–Trinajstić information content (AvgIpc) is 3.06. The van der Waals surface area contributed by atoms with Gasteiger partial charge in [0.05, 0.1) is 11.6 Å². The zero-order chi connectivity index (χ0) is 14.7. The Bertz CT molecular complexity index is 666. The lowest BCUT2D eigenvalue weighted by Gasteiger charge is -2.24. The molecule has 0 bridgehead atoms. The molecule has 3 heteroatoms. The van der Waals surface area contributed by atoms with Crippen LogP contribution >= 0.6 is 0 Å². The fourth-order valence-electron chi connectivity index (χ4n) is 3.12. The molecule has 3 nitrogen and oxygen atoms in total. The molecule has 108 valence electrons. The van der Waals surface area contributed by atoms with E-state index in [0.717, 1.165) is 28.6 Å². The summed E-state index contributed by atoms with van der Waals surface area (Å²) < 4.78 is 0. The number of nitrogens with one attached hydrogen (secondary N) is 1. The molecule has 1 aliphatic rings. The number of hydrogen-bond acceptors (Lipinski definition) is 3. The Morgan fingerprint density at radius 1 is 1.14 bits per heavy atom. The molecular formula is C18H21N3. The summed E-state index contributed by atoms with van der Waals surface area (Å²) in [5.41, 5.74) is 1.86. The molecule has 1 N–H and O–H groups in total. The predicted molar refractivity (Wildman–Crippen MR) is 87.4 cm³/mol. The maximum atomic E-state index is 9.21. The summed E-state index contributed by atoms with van der Waals surface area (Å²) in [6.45, 7) is 5.66. The Labute approximate surface area is 126 Å². The van der Waals surface area contributed by atoms with Crippen LogP contribution in [0.4, 0.5) is 5.69 Å². The van der Waals surface area contributed by atoms with E-state index in [-0.39, 0.29) is 0 Å². The molecule has 1 fully saturated rings. The number of nitriles is 1. The Balaban J connectivity index is 1.79. The van der Waals surface area contributed by atoms with E-state index in [4.69, 9.17) is 0 Å². The van der Waals surface area contributed by atoms with Crippen LogP contribution in [0.15, 0.2) is 36.4 Å². The number of benzene rings is 2.